The van der Waals surface area contributed by atoms with E-state index in [9.17, 15) is 0 Å². The summed E-state index contributed by atoms with van der Waals surface area (Å²) in [6.07, 6.45) is 2.27. The van der Waals surface area contributed by atoms with Gasteiger partial charge in [-0.15, -0.1) is 0 Å². The Hall–Kier alpha value is -2.59. The molecule has 1 unspecified atom stereocenters. The summed E-state index contributed by atoms with van der Waals surface area (Å²) in [5.41, 5.74) is 6.03. The monoisotopic (exact) mass is 344 g/mol. The molecule has 26 heavy (non-hydrogen) atoms. The molecule has 0 radical (unpaired) electrons. The highest BCUT2D eigenvalue weighted by atomic mass is 15.2. The average Bonchev–Trinajstić information content (AvgIpc) is 3.05. The van der Waals surface area contributed by atoms with Gasteiger partial charge in [0, 0.05) is 60.4 Å². The molecule has 0 amide bonds. The Kier molecular flexibility index (Phi) is 3.61. The molecule has 1 fully saturated rings. The zero-order valence-corrected chi connectivity index (χ0v) is 15.4. The third-order valence-electron chi connectivity index (χ3n) is 5.59. The quantitative estimate of drug-likeness (QED) is 0.594. The van der Waals surface area contributed by atoms with Crippen molar-refractivity contribution < 1.29 is 0 Å². The highest BCUT2D eigenvalue weighted by molar-refractivity contribution is 6.06. The van der Waals surface area contributed by atoms with Crippen LogP contribution in [0.3, 0.4) is 0 Å². The van der Waals surface area contributed by atoms with Crippen LogP contribution in [0.4, 0.5) is 5.69 Å². The molecule has 2 aromatic rings. The molecular weight excluding hydrogens is 320 g/mol. The van der Waals surface area contributed by atoms with Crippen LogP contribution >= 0.6 is 0 Å². The van der Waals surface area contributed by atoms with Crippen molar-refractivity contribution >= 4 is 27.5 Å². The Labute approximate surface area is 153 Å². The molecule has 132 valence electrons. The van der Waals surface area contributed by atoms with Crippen molar-refractivity contribution in [3.05, 3.63) is 48.7 Å². The first-order valence-corrected chi connectivity index (χ1v) is 9.54. The summed E-state index contributed by atoms with van der Waals surface area (Å²) >= 11 is 0. The first-order valence-electron chi connectivity index (χ1n) is 9.54. The fraction of sp³-hybridized carbons (Fsp3) is 0.318. The number of rotatable bonds is 2. The van der Waals surface area contributed by atoms with Crippen molar-refractivity contribution in [2.75, 3.05) is 24.5 Å². The number of aromatic nitrogens is 2. The molecular formula is C22H24N4. The van der Waals surface area contributed by atoms with E-state index in [4.69, 9.17) is 4.98 Å². The minimum absolute atomic E-state index is 0.530. The summed E-state index contributed by atoms with van der Waals surface area (Å²) in [7, 11) is 0. The molecule has 0 aromatic heterocycles. The van der Waals surface area contributed by atoms with E-state index >= 15 is 0 Å². The average molecular weight is 344 g/mol. The van der Waals surface area contributed by atoms with E-state index < -0.39 is 0 Å². The van der Waals surface area contributed by atoms with Crippen molar-refractivity contribution in [3.8, 4) is 11.3 Å². The third kappa shape index (κ3) is 2.36. The van der Waals surface area contributed by atoms with Gasteiger partial charge in [-0.05, 0) is 38.1 Å². The molecule has 5 rings (SSSR count). The van der Waals surface area contributed by atoms with Gasteiger partial charge < -0.3 is 14.8 Å². The van der Waals surface area contributed by atoms with Gasteiger partial charge in [0.2, 0.25) is 0 Å². The number of nitrogens with one attached hydrogen (secondary N) is 1. The fourth-order valence-electron chi connectivity index (χ4n) is 4.25. The Morgan fingerprint density at radius 3 is 2.88 bits per heavy atom. The van der Waals surface area contributed by atoms with Crippen LogP contribution in [0.2, 0.25) is 0 Å². The maximum Gasteiger partial charge on any atom is 0.0824 e. The predicted molar refractivity (Wildman–Crippen MR) is 109 cm³/mol. The summed E-state index contributed by atoms with van der Waals surface area (Å²) in [6, 6.07) is 15.8. The van der Waals surface area contributed by atoms with Crippen LogP contribution in [0.25, 0.3) is 33.1 Å². The Balaban J connectivity index is 1.73. The largest absolute Gasteiger partial charge is 0.369 e. The molecule has 1 N–H and O–H groups in total. The van der Waals surface area contributed by atoms with Gasteiger partial charge >= 0.3 is 0 Å². The van der Waals surface area contributed by atoms with Gasteiger partial charge in [0.25, 0.3) is 0 Å². The number of hydrogen-bond acceptors (Lipinski definition) is 3. The van der Waals surface area contributed by atoms with Gasteiger partial charge in [-0.3, -0.25) is 0 Å². The molecule has 1 atom stereocenters. The molecule has 0 spiro atoms. The Bertz CT molecular complexity index is 1060. The second kappa shape index (κ2) is 5.99. The Morgan fingerprint density at radius 2 is 2.04 bits per heavy atom. The standard InChI is InChI=1S/C22H24N4/c1-3-25-14-19-17-6-4-5-7-20(17)24-22(19)18-9-8-16(12-21(18)25)26-11-10-23-15(2)13-26/h4-9,12,14-15,23H,3,10-11,13H2,1-2H3. The van der Waals surface area contributed by atoms with Crippen LogP contribution < -0.4 is 10.2 Å². The molecule has 1 saturated heterocycles. The zero-order valence-electron chi connectivity index (χ0n) is 15.4. The lowest BCUT2D eigenvalue weighted by molar-refractivity contribution is 0.485. The van der Waals surface area contributed by atoms with E-state index in [1.54, 1.807) is 0 Å². The predicted octanol–water partition coefficient (Wildman–Crippen LogP) is 4.11. The molecule has 4 nitrogen and oxygen atoms in total. The van der Waals surface area contributed by atoms with E-state index in [2.05, 4.69) is 77.3 Å². The smallest absolute Gasteiger partial charge is 0.0824 e. The second-order valence-corrected chi connectivity index (χ2v) is 7.31. The van der Waals surface area contributed by atoms with E-state index in [0.717, 1.165) is 37.4 Å². The zero-order chi connectivity index (χ0) is 17.7. The van der Waals surface area contributed by atoms with E-state index in [1.807, 2.05) is 0 Å². The van der Waals surface area contributed by atoms with E-state index in [-0.39, 0.29) is 0 Å². The highest BCUT2D eigenvalue weighted by Gasteiger charge is 2.20. The number of piperazine rings is 1. The minimum Gasteiger partial charge on any atom is -0.369 e. The molecule has 4 heteroatoms. The number of nitrogens with zero attached hydrogens (tertiary/aromatic N) is 3. The number of para-hydroxylation sites is 1. The maximum absolute atomic E-state index is 4.94. The van der Waals surface area contributed by atoms with Crippen LogP contribution in [-0.4, -0.2) is 35.2 Å². The molecule has 2 aromatic carbocycles. The molecule has 3 heterocycles. The van der Waals surface area contributed by atoms with E-state index in [0.29, 0.717) is 6.04 Å². The van der Waals surface area contributed by atoms with Gasteiger partial charge in [-0.25, -0.2) is 4.98 Å². The normalized spacial score (nSPS) is 18.2. The van der Waals surface area contributed by atoms with Crippen molar-refractivity contribution in [1.29, 1.82) is 0 Å². The lowest BCUT2D eigenvalue weighted by Gasteiger charge is -2.34. The summed E-state index contributed by atoms with van der Waals surface area (Å²) < 4.78 is 2.36. The number of benzene rings is 2. The number of hydrogen-bond donors (Lipinski definition) is 1. The molecule has 3 aliphatic heterocycles. The van der Waals surface area contributed by atoms with Crippen molar-refractivity contribution in [3.63, 3.8) is 0 Å². The summed E-state index contributed by atoms with van der Waals surface area (Å²) in [5, 5.41) is 6.01. The van der Waals surface area contributed by atoms with Crippen LogP contribution in [-0.2, 0) is 6.54 Å². The summed E-state index contributed by atoms with van der Waals surface area (Å²) in [4.78, 5) is 7.42. The number of fused-ring (bicyclic) bond motifs is 5. The number of aryl methyl sites for hydroxylation is 1. The van der Waals surface area contributed by atoms with Crippen molar-refractivity contribution in [2.45, 2.75) is 26.4 Å². The van der Waals surface area contributed by atoms with Gasteiger partial charge in [0.15, 0.2) is 0 Å². The Morgan fingerprint density at radius 1 is 1.15 bits per heavy atom. The topological polar surface area (TPSA) is 33.1 Å². The molecule has 0 aliphatic carbocycles. The first-order chi connectivity index (χ1) is 12.7. The lowest BCUT2D eigenvalue weighted by atomic mass is 10.0. The van der Waals surface area contributed by atoms with Crippen LogP contribution in [0.1, 0.15) is 13.8 Å². The highest BCUT2D eigenvalue weighted by Crippen LogP contribution is 2.37. The van der Waals surface area contributed by atoms with Crippen LogP contribution in [0.5, 0.6) is 0 Å². The fourth-order valence-corrected chi connectivity index (χ4v) is 4.25. The lowest BCUT2D eigenvalue weighted by Crippen LogP contribution is -2.49. The van der Waals surface area contributed by atoms with Crippen LogP contribution in [0, 0.1) is 0 Å². The maximum atomic E-state index is 4.94. The van der Waals surface area contributed by atoms with Crippen molar-refractivity contribution in [2.24, 2.45) is 0 Å². The molecule has 0 saturated carbocycles. The SMILES string of the molecule is CCn1cc2c3ccccc3nc-2c2ccc(N3CCNC(C)C3)cc21. The van der Waals surface area contributed by atoms with Crippen molar-refractivity contribution in [1.82, 2.24) is 14.9 Å². The van der Waals surface area contributed by atoms with Gasteiger partial charge in [0.1, 0.15) is 0 Å². The van der Waals surface area contributed by atoms with Crippen LogP contribution in [0.15, 0.2) is 48.7 Å². The summed E-state index contributed by atoms with van der Waals surface area (Å²) in [6.45, 7) is 8.57. The number of pyridine rings is 1. The molecule has 3 aliphatic rings. The second-order valence-electron chi connectivity index (χ2n) is 7.31. The molecule has 0 bridgehead atoms. The first kappa shape index (κ1) is 15.6. The van der Waals surface area contributed by atoms with Gasteiger partial charge in [-0.1, -0.05) is 18.2 Å². The van der Waals surface area contributed by atoms with E-state index in [1.165, 1.54) is 27.5 Å². The van der Waals surface area contributed by atoms with Gasteiger partial charge in [-0.2, -0.15) is 0 Å². The summed E-state index contributed by atoms with van der Waals surface area (Å²) in [5.74, 6) is 0. The minimum atomic E-state index is 0.530. The van der Waals surface area contributed by atoms with Gasteiger partial charge in [0.05, 0.1) is 16.7 Å². The number of anilines is 1. The third-order valence-corrected chi connectivity index (χ3v) is 5.59.